The SMILES string of the molecule is CCN1CCN(c2ccc(C(=O)N[C@@H](CC(C)C)C(=O)O)cc2F)CC1. The molecule has 0 radical (unpaired) electrons. The fourth-order valence-electron chi connectivity index (χ4n) is 3.14. The summed E-state index contributed by atoms with van der Waals surface area (Å²) in [5.74, 6) is -1.99. The molecular weight excluding hydrogens is 337 g/mol. The third kappa shape index (κ3) is 5.17. The van der Waals surface area contributed by atoms with Crippen molar-refractivity contribution < 1.29 is 19.1 Å². The Hall–Kier alpha value is -2.15. The highest BCUT2D eigenvalue weighted by molar-refractivity contribution is 5.96. The van der Waals surface area contributed by atoms with E-state index in [0.717, 1.165) is 32.7 Å². The molecule has 0 bridgehead atoms. The quantitative estimate of drug-likeness (QED) is 0.775. The van der Waals surface area contributed by atoms with Crippen molar-refractivity contribution in [2.45, 2.75) is 33.2 Å². The van der Waals surface area contributed by atoms with Crippen LogP contribution in [0.4, 0.5) is 10.1 Å². The second-order valence-corrected chi connectivity index (χ2v) is 7.08. The number of hydrogen-bond acceptors (Lipinski definition) is 4. The highest BCUT2D eigenvalue weighted by atomic mass is 19.1. The monoisotopic (exact) mass is 365 g/mol. The zero-order valence-electron chi connectivity index (χ0n) is 15.7. The molecule has 1 aromatic carbocycles. The third-order valence-electron chi connectivity index (χ3n) is 4.68. The van der Waals surface area contributed by atoms with Gasteiger partial charge in [0.15, 0.2) is 0 Å². The minimum absolute atomic E-state index is 0.122. The van der Waals surface area contributed by atoms with Crippen LogP contribution >= 0.6 is 0 Å². The van der Waals surface area contributed by atoms with Crippen LogP contribution in [0.15, 0.2) is 18.2 Å². The fourth-order valence-corrected chi connectivity index (χ4v) is 3.14. The van der Waals surface area contributed by atoms with Crippen LogP contribution in [0.1, 0.15) is 37.6 Å². The van der Waals surface area contributed by atoms with E-state index in [0.29, 0.717) is 12.1 Å². The minimum Gasteiger partial charge on any atom is -0.480 e. The van der Waals surface area contributed by atoms with Crippen molar-refractivity contribution >= 4 is 17.6 Å². The maximum Gasteiger partial charge on any atom is 0.326 e. The van der Waals surface area contributed by atoms with Crippen LogP contribution in [-0.2, 0) is 4.79 Å². The Balaban J connectivity index is 2.06. The maximum atomic E-state index is 14.5. The topological polar surface area (TPSA) is 72.9 Å². The van der Waals surface area contributed by atoms with Crippen LogP contribution in [0.5, 0.6) is 0 Å². The molecule has 1 aromatic rings. The van der Waals surface area contributed by atoms with Crippen LogP contribution in [-0.4, -0.2) is 60.6 Å². The average Bonchev–Trinajstić information content (AvgIpc) is 2.60. The summed E-state index contributed by atoms with van der Waals surface area (Å²) in [5.41, 5.74) is 0.614. The molecule has 1 aliphatic rings. The first kappa shape index (κ1) is 20.2. The number of likely N-dealkylation sites (N-methyl/N-ethyl adjacent to an activating group) is 1. The van der Waals surface area contributed by atoms with Crippen molar-refractivity contribution in [3.05, 3.63) is 29.6 Å². The molecule has 0 aliphatic carbocycles. The molecule has 0 spiro atoms. The number of rotatable bonds is 7. The number of nitrogens with zero attached hydrogens (tertiary/aromatic N) is 2. The van der Waals surface area contributed by atoms with Gasteiger partial charge in [0.1, 0.15) is 11.9 Å². The second kappa shape index (κ2) is 8.98. The Morgan fingerprint density at radius 2 is 1.88 bits per heavy atom. The summed E-state index contributed by atoms with van der Waals surface area (Å²) in [5, 5.41) is 11.7. The summed E-state index contributed by atoms with van der Waals surface area (Å²) >= 11 is 0. The minimum atomic E-state index is -1.09. The summed E-state index contributed by atoms with van der Waals surface area (Å²) in [6.45, 7) is 10.1. The largest absolute Gasteiger partial charge is 0.480 e. The molecule has 144 valence electrons. The lowest BCUT2D eigenvalue weighted by Gasteiger charge is -2.35. The number of anilines is 1. The van der Waals surface area contributed by atoms with Crippen molar-refractivity contribution in [1.82, 2.24) is 10.2 Å². The number of carbonyl (C=O) groups excluding carboxylic acids is 1. The Morgan fingerprint density at radius 1 is 1.23 bits per heavy atom. The number of carbonyl (C=O) groups is 2. The summed E-state index contributed by atoms with van der Waals surface area (Å²) in [6.07, 6.45) is 0.323. The molecule has 1 fully saturated rings. The first-order valence-corrected chi connectivity index (χ1v) is 9.12. The number of amides is 1. The van der Waals surface area contributed by atoms with E-state index in [1.165, 1.54) is 6.07 Å². The average molecular weight is 365 g/mol. The van der Waals surface area contributed by atoms with Gasteiger partial charge in [-0.1, -0.05) is 20.8 Å². The molecule has 2 rings (SSSR count). The van der Waals surface area contributed by atoms with Crippen LogP contribution in [0.25, 0.3) is 0 Å². The smallest absolute Gasteiger partial charge is 0.326 e. The molecule has 1 atom stereocenters. The lowest BCUT2D eigenvalue weighted by Crippen LogP contribution is -2.46. The Labute approximate surface area is 154 Å². The van der Waals surface area contributed by atoms with Gasteiger partial charge in [-0.3, -0.25) is 4.79 Å². The number of benzene rings is 1. The van der Waals surface area contributed by atoms with Crippen molar-refractivity contribution in [3.8, 4) is 0 Å². The Morgan fingerprint density at radius 3 is 2.38 bits per heavy atom. The van der Waals surface area contributed by atoms with Crippen molar-refractivity contribution in [1.29, 1.82) is 0 Å². The predicted molar refractivity (Wildman–Crippen MR) is 99.1 cm³/mol. The van der Waals surface area contributed by atoms with Gasteiger partial charge in [0.25, 0.3) is 5.91 Å². The van der Waals surface area contributed by atoms with Gasteiger partial charge < -0.3 is 20.2 Å². The van der Waals surface area contributed by atoms with Gasteiger partial charge in [-0.05, 0) is 37.1 Å². The number of carboxylic acid groups (broad SMARTS) is 1. The zero-order chi connectivity index (χ0) is 19.3. The fraction of sp³-hybridized carbons (Fsp3) is 0.579. The standard InChI is InChI=1S/C19H28FN3O3/c1-4-22-7-9-23(10-8-22)17-6-5-14(12-15(17)20)18(24)21-16(19(25)26)11-13(2)3/h5-6,12-13,16H,4,7-11H2,1-3H3,(H,21,24)(H,25,26)/t16-/m0/s1. The maximum absolute atomic E-state index is 14.5. The predicted octanol–water partition coefficient (Wildman–Crippen LogP) is 2.20. The van der Waals surface area contributed by atoms with Gasteiger partial charge in [-0.2, -0.15) is 0 Å². The molecule has 26 heavy (non-hydrogen) atoms. The lowest BCUT2D eigenvalue weighted by atomic mass is 10.0. The van der Waals surface area contributed by atoms with E-state index in [4.69, 9.17) is 0 Å². The molecular formula is C19H28FN3O3. The van der Waals surface area contributed by atoms with Crippen molar-refractivity contribution in [2.24, 2.45) is 5.92 Å². The van der Waals surface area contributed by atoms with Gasteiger partial charge in [-0.15, -0.1) is 0 Å². The molecule has 6 nitrogen and oxygen atoms in total. The number of nitrogens with one attached hydrogen (secondary N) is 1. The highest BCUT2D eigenvalue weighted by Gasteiger charge is 2.23. The van der Waals surface area contributed by atoms with Gasteiger partial charge in [0, 0.05) is 31.7 Å². The second-order valence-electron chi connectivity index (χ2n) is 7.08. The third-order valence-corrected chi connectivity index (χ3v) is 4.68. The number of carboxylic acids is 1. The van der Waals surface area contributed by atoms with Crippen molar-refractivity contribution in [2.75, 3.05) is 37.6 Å². The van der Waals surface area contributed by atoms with Crippen LogP contribution in [0.2, 0.25) is 0 Å². The van der Waals surface area contributed by atoms with E-state index in [9.17, 15) is 19.1 Å². The van der Waals surface area contributed by atoms with E-state index >= 15 is 0 Å². The number of hydrogen-bond donors (Lipinski definition) is 2. The molecule has 1 heterocycles. The summed E-state index contributed by atoms with van der Waals surface area (Å²) < 4.78 is 14.5. The summed E-state index contributed by atoms with van der Waals surface area (Å²) in [7, 11) is 0. The van der Waals surface area contributed by atoms with E-state index in [1.807, 2.05) is 18.7 Å². The molecule has 1 aliphatic heterocycles. The van der Waals surface area contributed by atoms with Gasteiger partial charge in [0.05, 0.1) is 5.69 Å². The highest BCUT2D eigenvalue weighted by Crippen LogP contribution is 2.22. The molecule has 1 saturated heterocycles. The normalized spacial score (nSPS) is 16.6. The summed E-state index contributed by atoms with van der Waals surface area (Å²) in [4.78, 5) is 27.9. The summed E-state index contributed by atoms with van der Waals surface area (Å²) in [6, 6.07) is 3.36. The molecule has 0 aromatic heterocycles. The van der Waals surface area contributed by atoms with Gasteiger partial charge in [0.2, 0.25) is 0 Å². The number of halogens is 1. The van der Waals surface area contributed by atoms with E-state index < -0.39 is 23.7 Å². The van der Waals surface area contributed by atoms with Crippen LogP contribution in [0, 0.1) is 11.7 Å². The first-order chi connectivity index (χ1) is 12.3. The van der Waals surface area contributed by atoms with Gasteiger partial charge in [-0.25, -0.2) is 9.18 Å². The van der Waals surface area contributed by atoms with Crippen LogP contribution < -0.4 is 10.2 Å². The van der Waals surface area contributed by atoms with Crippen LogP contribution in [0.3, 0.4) is 0 Å². The van der Waals surface area contributed by atoms with E-state index in [-0.39, 0.29) is 11.5 Å². The molecule has 2 N–H and O–H groups in total. The number of aliphatic carboxylic acids is 1. The first-order valence-electron chi connectivity index (χ1n) is 9.12. The van der Waals surface area contributed by atoms with Gasteiger partial charge >= 0.3 is 5.97 Å². The molecule has 0 unspecified atom stereocenters. The van der Waals surface area contributed by atoms with Crippen molar-refractivity contribution in [3.63, 3.8) is 0 Å². The number of piperazine rings is 1. The van der Waals surface area contributed by atoms with E-state index in [2.05, 4.69) is 17.1 Å². The molecule has 0 saturated carbocycles. The Kier molecular flexibility index (Phi) is 6.97. The molecule has 1 amide bonds. The Bertz CT molecular complexity index is 643. The zero-order valence-corrected chi connectivity index (χ0v) is 15.7. The lowest BCUT2D eigenvalue weighted by molar-refractivity contribution is -0.139. The molecule has 7 heteroatoms. The van der Waals surface area contributed by atoms with E-state index in [1.54, 1.807) is 12.1 Å².